The smallest absolute Gasteiger partial charge is 0.294 e. The van der Waals surface area contributed by atoms with Gasteiger partial charge in [-0.1, -0.05) is 36.4 Å². The van der Waals surface area contributed by atoms with Crippen LogP contribution in [0.4, 0.5) is 11.4 Å². The standard InChI is InChI=1S/C28H23N3O2/c1-29-24-9-11-25(12-10-24)31(28(32)27-18-23-6-2-3-8-26(23)33-27)19-20-5-4-7-22(17-20)21-13-15-30-16-14-21/h2-18,29H,19H2,1H3. The zero-order valence-electron chi connectivity index (χ0n) is 18.2. The molecule has 0 aliphatic carbocycles. The zero-order chi connectivity index (χ0) is 22.6. The molecule has 0 bridgehead atoms. The first-order valence-electron chi connectivity index (χ1n) is 10.8. The second-order valence-electron chi connectivity index (χ2n) is 7.77. The van der Waals surface area contributed by atoms with Crippen LogP contribution in [-0.2, 0) is 6.54 Å². The Morgan fingerprint density at radius 3 is 2.42 bits per heavy atom. The Hall–Kier alpha value is -4.38. The third-order valence-corrected chi connectivity index (χ3v) is 5.63. The van der Waals surface area contributed by atoms with Gasteiger partial charge in [0.1, 0.15) is 5.58 Å². The van der Waals surface area contributed by atoms with Crippen LogP contribution in [-0.4, -0.2) is 17.9 Å². The van der Waals surface area contributed by atoms with Crippen molar-refractivity contribution in [2.75, 3.05) is 17.3 Å². The van der Waals surface area contributed by atoms with Gasteiger partial charge in [-0.3, -0.25) is 9.78 Å². The summed E-state index contributed by atoms with van der Waals surface area (Å²) in [4.78, 5) is 19.5. The van der Waals surface area contributed by atoms with Gasteiger partial charge in [-0.2, -0.15) is 0 Å². The number of pyridine rings is 1. The number of hydrogen-bond donors (Lipinski definition) is 1. The number of hydrogen-bond acceptors (Lipinski definition) is 4. The van der Waals surface area contributed by atoms with E-state index in [1.54, 1.807) is 23.4 Å². The summed E-state index contributed by atoms with van der Waals surface area (Å²) in [6.45, 7) is 0.410. The lowest BCUT2D eigenvalue weighted by atomic mass is 10.0. The van der Waals surface area contributed by atoms with E-state index in [4.69, 9.17) is 4.42 Å². The van der Waals surface area contributed by atoms with E-state index in [2.05, 4.69) is 22.4 Å². The Balaban J connectivity index is 1.52. The normalized spacial score (nSPS) is 10.8. The van der Waals surface area contributed by atoms with Crippen molar-refractivity contribution in [3.05, 3.63) is 115 Å². The number of anilines is 2. The molecule has 5 nitrogen and oxygen atoms in total. The molecule has 0 spiro atoms. The minimum Gasteiger partial charge on any atom is -0.451 e. The fourth-order valence-electron chi connectivity index (χ4n) is 3.88. The fourth-order valence-corrected chi connectivity index (χ4v) is 3.88. The summed E-state index contributed by atoms with van der Waals surface area (Å²) < 4.78 is 5.90. The first-order chi connectivity index (χ1) is 16.2. The summed E-state index contributed by atoms with van der Waals surface area (Å²) in [5.41, 5.74) is 5.66. The highest BCUT2D eigenvalue weighted by Crippen LogP contribution is 2.27. The van der Waals surface area contributed by atoms with Crippen LogP contribution in [0.2, 0.25) is 0 Å². The molecule has 162 valence electrons. The highest BCUT2D eigenvalue weighted by atomic mass is 16.3. The largest absolute Gasteiger partial charge is 0.451 e. The van der Waals surface area contributed by atoms with Gasteiger partial charge in [-0.05, 0) is 71.3 Å². The van der Waals surface area contributed by atoms with Gasteiger partial charge in [0.25, 0.3) is 5.91 Å². The number of para-hydroxylation sites is 1. The van der Waals surface area contributed by atoms with Gasteiger partial charge < -0.3 is 14.6 Å². The Bertz CT molecular complexity index is 1360. The third-order valence-electron chi connectivity index (χ3n) is 5.63. The second-order valence-corrected chi connectivity index (χ2v) is 7.77. The highest BCUT2D eigenvalue weighted by molar-refractivity contribution is 6.06. The molecule has 0 radical (unpaired) electrons. The number of nitrogens with zero attached hydrogens (tertiary/aromatic N) is 2. The van der Waals surface area contributed by atoms with Crippen molar-refractivity contribution in [1.29, 1.82) is 0 Å². The molecule has 2 heterocycles. The second kappa shape index (κ2) is 9.01. The summed E-state index contributed by atoms with van der Waals surface area (Å²) in [5, 5.41) is 4.03. The number of fused-ring (bicyclic) bond motifs is 1. The topological polar surface area (TPSA) is 58.4 Å². The van der Waals surface area contributed by atoms with Gasteiger partial charge in [-0.25, -0.2) is 0 Å². The molecular formula is C28H23N3O2. The Morgan fingerprint density at radius 2 is 1.67 bits per heavy atom. The molecule has 1 amide bonds. The minimum absolute atomic E-state index is 0.183. The van der Waals surface area contributed by atoms with E-state index in [0.717, 1.165) is 33.5 Å². The van der Waals surface area contributed by atoms with Crippen molar-refractivity contribution in [2.24, 2.45) is 0 Å². The molecule has 0 saturated carbocycles. The summed E-state index contributed by atoms with van der Waals surface area (Å²) >= 11 is 0. The first-order valence-corrected chi connectivity index (χ1v) is 10.8. The molecular weight excluding hydrogens is 410 g/mol. The zero-order valence-corrected chi connectivity index (χ0v) is 18.2. The van der Waals surface area contributed by atoms with E-state index in [9.17, 15) is 4.79 Å². The molecule has 2 aromatic heterocycles. The number of benzene rings is 3. The average molecular weight is 434 g/mol. The predicted molar refractivity (Wildman–Crippen MR) is 132 cm³/mol. The van der Waals surface area contributed by atoms with Gasteiger partial charge in [0.05, 0.1) is 6.54 Å². The quantitative estimate of drug-likeness (QED) is 0.337. The summed E-state index contributed by atoms with van der Waals surface area (Å²) in [6, 6.07) is 29.4. The van der Waals surface area contributed by atoms with Crippen molar-refractivity contribution >= 4 is 28.3 Å². The SMILES string of the molecule is CNc1ccc(N(Cc2cccc(-c3ccncc3)c2)C(=O)c2cc3ccccc3o2)cc1. The Kier molecular flexibility index (Phi) is 5.60. The molecule has 0 fully saturated rings. The third kappa shape index (κ3) is 4.34. The van der Waals surface area contributed by atoms with Crippen LogP contribution in [0.15, 0.2) is 108 Å². The van der Waals surface area contributed by atoms with Crippen molar-refractivity contribution in [2.45, 2.75) is 6.54 Å². The number of furan rings is 1. The molecule has 0 unspecified atom stereocenters. The fraction of sp³-hybridized carbons (Fsp3) is 0.0714. The summed E-state index contributed by atoms with van der Waals surface area (Å²) in [6.07, 6.45) is 3.56. The molecule has 3 aromatic carbocycles. The van der Waals surface area contributed by atoms with Gasteiger partial charge >= 0.3 is 0 Å². The monoisotopic (exact) mass is 433 g/mol. The molecule has 0 aliphatic heterocycles. The van der Waals surface area contributed by atoms with E-state index in [-0.39, 0.29) is 5.91 Å². The Morgan fingerprint density at radius 1 is 0.879 bits per heavy atom. The number of carbonyl (C=O) groups is 1. The summed E-state index contributed by atoms with van der Waals surface area (Å²) in [5.74, 6) is 0.136. The van der Waals surface area contributed by atoms with Crippen LogP contribution >= 0.6 is 0 Å². The van der Waals surface area contributed by atoms with E-state index < -0.39 is 0 Å². The van der Waals surface area contributed by atoms with Crippen molar-refractivity contribution in [1.82, 2.24) is 4.98 Å². The van der Waals surface area contributed by atoms with E-state index in [1.807, 2.05) is 79.8 Å². The van der Waals surface area contributed by atoms with Gasteiger partial charge in [0.2, 0.25) is 0 Å². The molecule has 5 rings (SSSR count). The van der Waals surface area contributed by atoms with Crippen molar-refractivity contribution < 1.29 is 9.21 Å². The summed E-state index contributed by atoms with van der Waals surface area (Å²) in [7, 11) is 1.87. The molecule has 33 heavy (non-hydrogen) atoms. The minimum atomic E-state index is -0.183. The lowest BCUT2D eigenvalue weighted by molar-refractivity contribution is 0.0960. The van der Waals surface area contributed by atoms with E-state index in [1.165, 1.54) is 0 Å². The average Bonchev–Trinajstić information content (AvgIpc) is 3.32. The number of nitrogens with one attached hydrogen (secondary N) is 1. The van der Waals surface area contributed by atoms with Crippen LogP contribution < -0.4 is 10.2 Å². The molecule has 0 aliphatic rings. The molecule has 5 heteroatoms. The molecule has 0 atom stereocenters. The number of carbonyl (C=O) groups excluding carboxylic acids is 1. The number of amides is 1. The van der Waals surface area contributed by atoms with Crippen LogP contribution in [0.25, 0.3) is 22.1 Å². The molecule has 0 saturated heterocycles. The number of rotatable bonds is 6. The van der Waals surface area contributed by atoms with E-state index in [0.29, 0.717) is 17.9 Å². The molecule has 1 N–H and O–H groups in total. The maximum Gasteiger partial charge on any atom is 0.294 e. The predicted octanol–water partition coefficient (Wildman–Crippen LogP) is 6.38. The number of aromatic nitrogens is 1. The molecule has 5 aromatic rings. The Labute approximate surface area is 192 Å². The maximum absolute atomic E-state index is 13.6. The van der Waals surface area contributed by atoms with Gasteiger partial charge in [0.15, 0.2) is 5.76 Å². The van der Waals surface area contributed by atoms with Crippen molar-refractivity contribution in [3.63, 3.8) is 0 Å². The lowest BCUT2D eigenvalue weighted by Gasteiger charge is -2.23. The van der Waals surface area contributed by atoms with Crippen LogP contribution in [0, 0.1) is 0 Å². The van der Waals surface area contributed by atoms with Crippen LogP contribution in [0.3, 0.4) is 0 Å². The van der Waals surface area contributed by atoms with Crippen LogP contribution in [0.1, 0.15) is 16.1 Å². The van der Waals surface area contributed by atoms with E-state index >= 15 is 0 Å². The van der Waals surface area contributed by atoms with Gasteiger partial charge in [0, 0.05) is 36.2 Å². The van der Waals surface area contributed by atoms with Crippen LogP contribution in [0.5, 0.6) is 0 Å². The lowest BCUT2D eigenvalue weighted by Crippen LogP contribution is -2.30. The maximum atomic E-state index is 13.6. The van der Waals surface area contributed by atoms with Gasteiger partial charge in [-0.15, -0.1) is 0 Å². The first kappa shape index (κ1) is 20.5. The van der Waals surface area contributed by atoms with Crippen molar-refractivity contribution in [3.8, 4) is 11.1 Å². The highest BCUT2D eigenvalue weighted by Gasteiger charge is 2.22.